The number of likely N-dealkylation sites (tertiary alicyclic amines) is 1. The van der Waals surface area contributed by atoms with E-state index in [1.165, 1.54) is 4.90 Å². The quantitative estimate of drug-likeness (QED) is 0.118. The van der Waals surface area contributed by atoms with Crippen molar-refractivity contribution in [2.24, 2.45) is 16.5 Å². The Labute approximate surface area is 356 Å². The topological polar surface area (TPSA) is 148 Å². The number of hydrogen-bond donors (Lipinski definition) is 3. The van der Waals surface area contributed by atoms with Gasteiger partial charge < -0.3 is 35.2 Å². The number of carbonyl (C=O) groups excluding carboxylic acids is 4. The zero-order valence-corrected chi connectivity index (χ0v) is 36.7. The smallest absolute Gasteiger partial charge is 0.407 e. The van der Waals surface area contributed by atoms with E-state index in [0.29, 0.717) is 32.1 Å². The summed E-state index contributed by atoms with van der Waals surface area (Å²) in [6.07, 6.45) is 6.66. The maximum absolute atomic E-state index is 15.0. The molecule has 2 aliphatic heterocycles. The Hall–Kier alpha value is -4.97. The molecule has 4 amide bonds. The van der Waals surface area contributed by atoms with Crippen molar-refractivity contribution in [2.75, 3.05) is 13.2 Å². The zero-order chi connectivity index (χ0) is 43.6. The highest BCUT2D eigenvalue weighted by Gasteiger charge is 2.56. The van der Waals surface area contributed by atoms with E-state index >= 15 is 4.79 Å². The van der Waals surface area contributed by atoms with E-state index in [9.17, 15) is 14.4 Å². The monoisotopic (exact) mass is 826 g/mol. The van der Waals surface area contributed by atoms with E-state index in [4.69, 9.17) is 14.3 Å². The van der Waals surface area contributed by atoms with Crippen LogP contribution in [0.3, 0.4) is 0 Å². The number of nitrogens with zero attached hydrogens (tertiary/aromatic N) is 2. The highest BCUT2D eigenvalue weighted by atomic mass is 16.7. The average molecular weight is 826 g/mol. The van der Waals surface area contributed by atoms with Crippen LogP contribution in [0.4, 0.5) is 4.79 Å². The molecule has 60 heavy (non-hydrogen) atoms. The molecule has 12 nitrogen and oxygen atoms in total. The maximum atomic E-state index is 15.0. The number of hydrogen-bond acceptors (Lipinski definition) is 8. The van der Waals surface area contributed by atoms with E-state index in [2.05, 4.69) is 34.3 Å². The summed E-state index contributed by atoms with van der Waals surface area (Å²) in [7, 11) is 0. The standard InChI is InChI=1S/C48H67N5O7/c1-10-19-33-21-17-18-24-36(33)37(31(5)12-3)29-58-46(57)51-42(47(7,8)9)45(56)53-30-48(27-39(52-60-48)34-22-15-14-16-23-34)28-40(53)43(54)50-38(20-11-2)41(59-32(6)13-4)44(55)49-35-25-26-35/h10,12,14-18,21-24,31-32,35,37-38,40-42H,1,3,11,13,19-20,25-30H2,2,4-9H3,(H,49,55)(H,50,54)(H,51,57)/t31?,32-,37?,38-,40-,41?,42?,48+/m0/s1. The van der Waals surface area contributed by atoms with Crippen molar-refractivity contribution in [3.8, 4) is 0 Å². The van der Waals surface area contributed by atoms with Crippen LogP contribution in [-0.2, 0) is 35.1 Å². The molecular formula is C48H67N5O7. The number of carbonyl (C=O) groups is 4. The lowest BCUT2D eigenvalue weighted by molar-refractivity contribution is -0.145. The Bertz CT molecular complexity index is 1860. The molecule has 2 aromatic carbocycles. The summed E-state index contributed by atoms with van der Waals surface area (Å²) in [4.78, 5) is 64.8. The van der Waals surface area contributed by atoms with Gasteiger partial charge in [-0.05, 0) is 67.1 Å². The molecule has 1 saturated heterocycles. The fraction of sp³-hybridized carbons (Fsp3) is 0.562. The first kappa shape index (κ1) is 46.1. The molecule has 1 saturated carbocycles. The lowest BCUT2D eigenvalue weighted by Crippen LogP contribution is -2.60. The Kier molecular flexibility index (Phi) is 15.8. The molecule has 0 radical (unpaired) electrons. The maximum Gasteiger partial charge on any atom is 0.407 e. The molecule has 2 aromatic rings. The molecule has 3 aliphatic rings. The summed E-state index contributed by atoms with van der Waals surface area (Å²) < 4.78 is 12.2. The van der Waals surface area contributed by atoms with Gasteiger partial charge >= 0.3 is 6.09 Å². The van der Waals surface area contributed by atoms with E-state index in [-0.39, 0.29) is 49.5 Å². The largest absolute Gasteiger partial charge is 0.449 e. The predicted octanol–water partition coefficient (Wildman–Crippen LogP) is 7.37. The van der Waals surface area contributed by atoms with Crippen LogP contribution < -0.4 is 16.0 Å². The summed E-state index contributed by atoms with van der Waals surface area (Å²) >= 11 is 0. The second-order valence-electron chi connectivity index (χ2n) is 17.9. The van der Waals surface area contributed by atoms with Crippen molar-refractivity contribution < 1.29 is 33.5 Å². The number of nitrogens with one attached hydrogen (secondary N) is 3. The summed E-state index contributed by atoms with van der Waals surface area (Å²) in [6, 6.07) is 15.1. The lowest BCUT2D eigenvalue weighted by atomic mass is 9.84. The number of amides is 4. The van der Waals surface area contributed by atoms with Crippen molar-refractivity contribution in [1.29, 1.82) is 0 Å². The lowest BCUT2D eigenvalue weighted by Gasteiger charge is -2.36. The summed E-state index contributed by atoms with van der Waals surface area (Å²) in [6.45, 7) is 21.5. The van der Waals surface area contributed by atoms with Gasteiger partial charge in [0.2, 0.25) is 11.8 Å². The van der Waals surface area contributed by atoms with Gasteiger partial charge in [-0.15, -0.1) is 13.2 Å². The van der Waals surface area contributed by atoms with E-state index in [0.717, 1.165) is 35.2 Å². The number of benzene rings is 2. The molecule has 8 atom stereocenters. The summed E-state index contributed by atoms with van der Waals surface area (Å²) in [5, 5.41) is 13.6. The molecule has 0 aromatic heterocycles. The minimum absolute atomic E-state index is 0.0234. The van der Waals surface area contributed by atoms with Gasteiger partial charge in [0.05, 0.1) is 24.4 Å². The molecule has 5 rings (SSSR count). The van der Waals surface area contributed by atoms with Gasteiger partial charge in [-0.3, -0.25) is 14.4 Å². The number of rotatable bonds is 20. The van der Waals surface area contributed by atoms with Gasteiger partial charge in [0.1, 0.15) is 18.7 Å². The number of oxime groups is 1. The Morgan fingerprint density at radius 3 is 2.35 bits per heavy atom. The van der Waals surface area contributed by atoms with Crippen molar-refractivity contribution in [3.63, 3.8) is 0 Å². The third kappa shape index (κ3) is 11.6. The first-order valence-electron chi connectivity index (χ1n) is 21.7. The van der Waals surface area contributed by atoms with Crippen LogP contribution in [-0.4, -0.2) is 89.6 Å². The van der Waals surface area contributed by atoms with Crippen LogP contribution in [0.5, 0.6) is 0 Å². The van der Waals surface area contributed by atoms with Crippen molar-refractivity contribution in [3.05, 3.63) is 96.6 Å². The highest BCUT2D eigenvalue weighted by Crippen LogP contribution is 2.40. The third-order valence-corrected chi connectivity index (χ3v) is 12.0. The predicted molar refractivity (Wildman–Crippen MR) is 234 cm³/mol. The van der Waals surface area contributed by atoms with Crippen LogP contribution in [0.15, 0.2) is 85.1 Å². The minimum Gasteiger partial charge on any atom is -0.449 e. The fourth-order valence-corrected chi connectivity index (χ4v) is 8.07. The molecule has 1 aliphatic carbocycles. The average Bonchev–Trinajstić information content (AvgIpc) is 3.82. The normalized spacial score (nSPS) is 21.7. The van der Waals surface area contributed by atoms with Crippen molar-refractivity contribution in [2.45, 2.75) is 148 Å². The minimum atomic E-state index is -1.08. The molecule has 2 fully saturated rings. The molecule has 326 valence electrons. The third-order valence-electron chi connectivity index (χ3n) is 12.0. The van der Waals surface area contributed by atoms with Crippen LogP contribution in [0.1, 0.15) is 116 Å². The molecule has 1 spiro atoms. The van der Waals surface area contributed by atoms with E-state index < -0.39 is 53.2 Å². The Morgan fingerprint density at radius 2 is 1.72 bits per heavy atom. The van der Waals surface area contributed by atoms with Gasteiger partial charge in [0.15, 0.2) is 11.7 Å². The van der Waals surface area contributed by atoms with E-state index in [1.807, 2.05) is 115 Å². The highest BCUT2D eigenvalue weighted by molar-refractivity contribution is 6.02. The van der Waals surface area contributed by atoms with Crippen LogP contribution >= 0.6 is 0 Å². The SMILES string of the molecule is C=CCc1ccccc1C(COC(=O)NC(C(=O)N1C[C@@]2(CC(c3ccccc3)=NO2)C[C@H]1C(=O)N[C@@H](CCC)C(O[C@@H](C)CC)C(=O)NC1CC1)C(C)(C)C)C(C)C=C. The van der Waals surface area contributed by atoms with Gasteiger partial charge in [0.25, 0.3) is 5.91 Å². The van der Waals surface area contributed by atoms with Crippen molar-refractivity contribution >= 4 is 29.5 Å². The molecular weight excluding hydrogens is 759 g/mol. The fourth-order valence-electron chi connectivity index (χ4n) is 8.07. The summed E-state index contributed by atoms with van der Waals surface area (Å²) in [5.74, 6) is -1.34. The van der Waals surface area contributed by atoms with Gasteiger partial charge in [-0.1, -0.05) is 120 Å². The van der Waals surface area contributed by atoms with Crippen LogP contribution in [0, 0.1) is 11.3 Å². The van der Waals surface area contributed by atoms with Crippen LogP contribution in [0.25, 0.3) is 0 Å². The van der Waals surface area contributed by atoms with Gasteiger partial charge in [-0.25, -0.2) is 4.79 Å². The van der Waals surface area contributed by atoms with Crippen LogP contribution in [0.2, 0.25) is 0 Å². The Morgan fingerprint density at radius 1 is 1.02 bits per heavy atom. The second kappa shape index (κ2) is 20.5. The van der Waals surface area contributed by atoms with Gasteiger partial charge in [0, 0.05) is 24.8 Å². The number of allylic oxidation sites excluding steroid dienone is 2. The molecule has 0 bridgehead atoms. The molecule has 2 heterocycles. The first-order valence-corrected chi connectivity index (χ1v) is 21.7. The Balaban J connectivity index is 1.41. The summed E-state index contributed by atoms with van der Waals surface area (Å²) in [5.41, 5.74) is 1.95. The van der Waals surface area contributed by atoms with E-state index in [1.54, 1.807) is 0 Å². The molecule has 3 N–H and O–H groups in total. The number of ether oxygens (including phenoxy) is 2. The number of alkyl carbamates (subject to hydrolysis) is 1. The second-order valence-corrected chi connectivity index (χ2v) is 17.9. The van der Waals surface area contributed by atoms with Gasteiger partial charge in [-0.2, -0.15) is 0 Å². The first-order chi connectivity index (χ1) is 28.6. The zero-order valence-electron chi connectivity index (χ0n) is 36.7. The molecule has 4 unspecified atom stereocenters. The van der Waals surface area contributed by atoms with Crippen molar-refractivity contribution in [1.82, 2.24) is 20.9 Å². The molecule has 12 heteroatoms.